The number of benzene rings is 7. The summed E-state index contributed by atoms with van der Waals surface area (Å²) in [6.45, 7) is 0. The molecule has 0 amide bonds. The second-order valence-corrected chi connectivity index (χ2v) is 14.3. The van der Waals surface area contributed by atoms with Crippen LogP contribution >= 0.6 is 0 Å². The van der Waals surface area contributed by atoms with Crippen molar-refractivity contribution in [2.75, 3.05) is 0 Å². The first-order valence-corrected chi connectivity index (χ1v) is 19.3. The SMILES string of the molecule is c1ccc2c(c1)c(-c1ccc(-c3nc(-c4ccc(-c5ccncc5)cc4)nc(-c4ccc(-c5ccncc5)cc4)n3)cc1)nc1c3ccccc3c3ccccc3c21. The summed E-state index contributed by atoms with van der Waals surface area (Å²) in [5.41, 5.74) is 10.0. The molecule has 11 rings (SSSR count). The third kappa shape index (κ3) is 5.83. The van der Waals surface area contributed by atoms with Gasteiger partial charge in [-0.05, 0) is 68.1 Å². The molecule has 4 heterocycles. The average molecular weight is 741 g/mol. The highest BCUT2D eigenvalue weighted by molar-refractivity contribution is 6.31. The molecule has 7 aromatic carbocycles. The molecule has 58 heavy (non-hydrogen) atoms. The smallest absolute Gasteiger partial charge is 0.164 e. The van der Waals surface area contributed by atoms with Crippen molar-refractivity contribution in [2.24, 2.45) is 0 Å². The lowest BCUT2D eigenvalue weighted by Crippen LogP contribution is -2.00. The van der Waals surface area contributed by atoms with Crippen LogP contribution in [0.4, 0.5) is 0 Å². The quantitative estimate of drug-likeness (QED) is 0.158. The lowest BCUT2D eigenvalue weighted by Gasteiger charge is -2.15. The van der Waals surface area contributed by atoms with Crippen molar-refractivity contribution < 1.29 is 0 Å². The van der Waals surface area contributed by atoms with Crippen molar-refractivity contribution in [1.29, 1.82) is 0 Å². The summed E-state index contributed by atoms with van der Waals surface area (Å²) in [4.78, 5) is 29.0. The first kappa shape index (κ1) is 33.4. The van der Waals surface area contributed by atoms with Gasteiger partial charge in [-0.2, -0.15) is 0 Å². The third-order valence-electron chi connectivity index (χ3n) is 10.9. The third-order valence-corrected chi connectivity index (χ3v) is 10.9. The Labute approximate surface area is 334 Å². The molecule has 0 saturated carbocycles. The Hall–Kier alpha value is -7.96. The minimum atomic E-state index is 0.594. The Morgan fingerprint density at radius 2 is 0.569 bits per heavy atom. The number of aromatic nitrogens is 6. The van der Waals surface area contributed by atoms with Gasteiger partial charge in [-0.1, -0.05) is 146 Å². The Morgan fingerprint density at radius 3 is 1.03 bits per heavy atom. The normalized spacial score (nSPS) is 11.4. The Balaban J connectivity index is 1.03. The highest BCUT2D eigenvalue weighted by Crippen LogP contribution is 2.41. The van der Waals surface area contributed by atoms with Crippen LogP contribution in [0, 0.1) is 0 Å². The van der Waals surface area contributed by atoms with Gasteiger partial charge in [-0.25, -0.2) is 19.9 Å². The van der Waals surface area contributed by atoms with Crippen LogP contribution in [0.1, 0.15) is 0 Å². The number of hydrogen-bond donors (Lipinski definition) is 0. The highest BCUT2D eigenvalue weighted by Gasteiger charge is 2.18. The molecule has 0 N–H and O–H groups in total. The fraction of sp³-hybridized carbons (Fsp3) is 0. The van der Waals surface area contributed by atoms with Crippen molar-refractivity contribution in [3.8, 4) is 67.7 Å². The average Bonchev–Trinajstić information content (AvgIpc) is 3.32. The molecule has 0 radical (unpaired) electrons. The van der Waals surface area contributed by atoms with Gasteiger partial charge in [0.05, 0.1) is 11.2 Å². The molecule has 6 heteroatoms. The van der Waals surface area contributed by atoms with E-state index in [1.165, 1.54) is 26.9 Å². The number of hydrogen-bond acceptors (Lipinski definition) is 6. The molecule has 0 unspecified atom stereocenters. The van der Waals surface area contributed by atoms with Gasteiger partial charge in [0.1, 0.15) is 0 Å². The zero-order valence-electron chi connectivity index (χ0n) is 31.2. The van der Waals surface area contributed by atoms with Gasteiger partial charge >= 0.3 is 0 Å². The van der Waals surface area contributed by atoms with Crippen LogP contribution in [-0.4, -0.2) is 29.9 Å². The lowest BCUT2D eigenvalue weighted by atomic mass is 9.92. The second-order valence-electron chi connectivity index (χ2n) is 14.3. The van der Waals surface area contributed by atoms with Crippen LogP contribution in [0.5, 0.6) is 0 Å². The molecular weight excluding hydrogens is 709 g/mol. The standard InChI is InChI=1S/C52H32N6/c1-3-9-43-41(7-1)42-8-2-5-11-45(42)49-47(43)44-10-4-6-12-46(44)48(55-49)37-17-23-40(24-18-37)52-57-50(38-19-13-33(14-20-38)35-25-29-53-30-26-35)56-51(58-52)39-21-15-34(16-22-39)36-27-31-54-32-28-36/h1-32H. The van der Waals surface area contributed by atoms with E-state index in [2.05, 4.69) is 156 Å². The molecule has 0 aliphatic carbocycles. The summed E-state index contributed by atoms with van der Waals surface area (Å²) in [6, 6.07) is 59.0. The van der Waals surface area contributed by atoms with Crippen LogP contribution < -0.4 is 0 Å². The monoisotopic (exact) mass is 740 g/mol. The molecule has 0 spiro atoms. The first-order valence-electron chi connectivity index (χ1n) is 19.3. The number of nitrogens with zero attached hydrogens (tertiary/aromatic N) is 6. The summed E-state index contributed by atoms with van der Waals surface area (Å²) in [6.07, 6.45) is 7.23. The molecule has 0 aliphatic rings. The van der Waals surface area contributed by atoms with Gasteiger partial charge in [-0.15, -0.1) is 0 Å². The van der Waals surface area contributed by atoms with Gasteiger partial charge < -0.3 is 0 Å². The van der Waals surface area contributed by atoms with E-state index in [0.717, 1.165) is 66.5 Å². The summed E-state index contributed by atoms with van der Waals surface area (Å²) in [7, 11) is 0. The maximum Gasteiger partial charge on any atom is 0.164 e. The van der Waals surface area contributed by atoms with E-state index >= 15 is 0 Å². The topological polar surface area (TPSA) is 77.3 Å². The fourth-order valence-electron chi connectivity index (χ4n) is 8.06. The van der Waals surface area contributed by atoms with E-state index in [9.17, 15) is 0 Å². The van der Waals surface area contributed by atoms with E-state index in [0.29, 0.717) is 17.5 Å². The molecular formula is C52H32N6. The number of pyridine rings is 3. The van der Waals surface area contributed by atoms with Gasteiger partial charge in [-0.3, -0.25) is 9.97 Å². The Morgan fingerprint density at radius 1 is 0.241 bits per heavy atom. The zero-order chi connectivity index (χ0) is 38.4. The molecule has 0 saturated heterocycles. The van der Waals surface area contributed by atoms with Crippen molar-refractivity contribution in [3.63, 3.8) is 0 Å². The van der Waals surface area contributed by atoms with Crippen LogP contribution in [0.3, 0.4) is 0 Å². The Kier molecular flexibility index (Phi) is 8.04. The van der Waals surface area contributed by atoms with E-state index in [4.69, 9.17) is 19.9 Å². The second kappa shape index (κ2) is 14.0. The van der Waals surface area contributed by atoms with Crippen LogP contribution in [0.2, 0.25) is 0 Å². The molecule has 0 aliphatic heterocycles. The van der Waals surface area contributed by atoms with Gasteiger partial charge in [0.25, 0.3) is 0 Å². The molecule has 0 bridgehead atoms. The van der Waals surface area contributed by atoms with Gasteiger partial charge in [0, 0.05) is 63.2 Å². The minimum absolute atomic E-state index is 0.594. The predicted molar refractivity (Wildman–Crippen MR) is 236 cm³/mol. The summed E-state index contributed by atoms with van der Waals surface area (Å²) in [5, 5.41) is 8.27. The molecule has 270 valence electrons. The fourth-order valence-corrected chi connectivity index (χ4v) is 8.06. The zero-order valence-corrected chi connectivity index (χ0v) is 31.2. The number of rotatable bonds is 6. The van der Waals surface area contributed by atoms with E-state index < -0.39 is 0 Å². The molecule has 6 nitrogen and oxygen atoms in total. The molecule has 4 aromatic heterocycles. The van der Waals surface area contributed by atoms with Crippen LogP contribution in [-0.2, 0) is 0 Å². The highest BCUT2D eigenvalue weighted by atomic mass is 15.0. The summed E-state index contributed by atoms with van der Waals surface area (Å²) >= 11 is 0. The summed E-state index contributed by atoms with van der Waals surface area (Å²) in [5.74, 6) is 1.80. The maximum absolute atomic E-state index is 5.47. The van der Waals surface area contributed by atoms with Crippen molar-refractivity contribution >= 4 is 43.2 Å². The summed E-state index contributed by atoms with van der Waals surface area (Å²) < 4.78 is 0. The maximum atomic E-state index is 5.47. The van der Waals surface area contributed by atoms with E-state index in [1.807, 2.05) is 24.3 Å². The molecule has 0 fully saturated rings. The lowest BCUT2D eigenvalue weighted by molar-refractivity contribution is 1.07. The largest absolute Gasteiger partial charge is 0.265 e. The first-order chi connectivity index (χ1) is 28.7. The predicted octanol–water partition coefficient (Wildman–Crippen LogP) is 12.7. The molecule has 11 aromatic rings. The Bertz CT molecular complexity index is 3190. The van der Waals surface area contributed by atoms with E-state index in [-0.39, 0.29) is 0 Å². The van der Waals surface area contributed by atoms with Crippen molar-refractivity contribution in [3.05, 3.63) is 195 Å². The van der Waals surface area contributed by atoms with E-state index in [1.54, 1.807) is 24.8 Å². The van der Waals surface area contributed by atoms with Crippen molar-refractivity contribution in [1.82, 2.24) is 29.9 Å². The van der Waals surface area contributed by atoms with Crippen LogP contribution in [0.25, 0.3) is 111 Å². The van der Waals surface area contributed by atoms with Crippen LogP contribution in [0.15, 0.2) is 195 Å². The minimum Gasteiger partial charge on any atom is -0.265 e. The van der Waals surface area contributed by atoms with Gasteiger partial charge in [0.2, 0.25) is 0 Å². The molecule has 0 atom stereocenters. The number of fused-ring (bicyclic) bond motifs is 8. The van der Waals surface area contributed by atoms with Crippen molar-refractivity contribution in [2.45, 2.75) is 0 Å². The van der Waals surface area contributed by atoms with Gasteiger partial charge in [0.15, 0.2) is 17.5 Å².